The van der Waals surface area contributed by atoms with Crippen LogP contribution in [0, 0.1) is 11.6 Å². The molecule has 0 spiro atoms. The average molecular weight is 429 g/mol. The van der Waals surface area contributed by atoms with Crippen LogP contribution >= 0.6 is 27.5 Å². The molecule has 3 aromatic rings. The molecule has 1 saturated heterocycles. The Morgan fingerprint density at radius 2 is 1.80 bits per heavy atom. The van der Waals surface area contributed by atoms with Crippen molar-refractivity contribution in [2.75, 3.05) is 18.0 Å². The lowest BCUT2D eigenvalue weighted by atomic mass is 10.0. The Kier molecular flexibility index (Phi) is 4.33. The molecular weight excluding hydrogens is 416 g/mol. The van der Waals surface area contributed by atoms with E-state index in [1.165, 1.54) is 29.0 Å². The summed E-state index contributed by atoms with van der Waals surface area (Å²) < 4.78 is 30.4. The van der Waals surface area contributed by atoms with Gasteiger partial charge in [-0.15, -0.1) is 0 Å². The summed E-state index contributed by atoms with van der Waals surface area (Å²) in [6.07, 6.45) is 3.14. The Bertz CT molecular complexity index is 919. The minimum absolute atomic E-state index is 0.000431. The van der Waals surface area contributed by atoms with E-state index in [0.29, 0.717) is 29.5 Å². The highest BCUT2D eigenvalue weighted by Gasteiger charge is 2.28. The van der Waals surface area contributed by atoms with Gasteiger partial charge in [-0.25, -0.2) is 8.78 Å². The van der Waals surface area contributed by atoms with E-state index >= 15 is 0 Å². The fraction of sp³-hybridized carbons (Fsp3) is 0.312. The van der Waals surface area contributed by atoms with Crippen LogP contribution in [-0.2, 0) is 0 Å². The minimum Gasteiger partial charge on any atom is -0.356 e. The molecule has 130 valence electrons. The van der Waals surface area contributed by atoms with Gasteiger partial charge < -0.3 is 4.90 Å². The molecule has 25 heavy (non-hydrogen) atoms. The Labute approximate surface area is 155 Å². The summed E-state index contributed by atoms with van der Waals surface area (Å²) in [4.78, 5) is 10.7. The summed E-state index contributed by atoms with van der Waals surface area (Å²) in [6.45, 7) is 1.41. The van der Waals surface area contributed by atoms with Gasteiger partial charge in [-0.1, -0.05) is 33.6 Å². The Morgan fingerprint density at radius 1 is 1.12 bits per heavy atom. The highest BCUT2D eigenvalue weighted by atomic mass is 79.9. The maximum Gasteiger partial charge on any atom is 0.255 e. The SMILES string of the molecule is Fc1cccc(F)c1-c1c(Cl)nc2ncnn2c1N1CCC(Br)CC1. The van der Waals surface area contributed by atoms with E-state index in [1.807, 2.05) is 4.90 Å². The molecule has 0 aliphatic carbocycles. The molecular formula is C16H13BrClF2N5. The van der Waals surface area contributed by atoms with Crippen molar-refractivity contribution in [2.24, 2.45) is 0 Å². The molecule has 9 heteroatoms. The maximum atomic E-state index is 14.5. The third-order valence-electron chi connectivity index (χ3n) is 4.30. The normalized spacial score (nSPS) is 15.9. The summed E-state index contributed by atoms with van der Waals surface area (Å²) in [5, 5.41) is 4.19. The number of alkyl halides is 1. The number of anilines is 1. The number of benzene rings is 1. The Balaban J connectivity index is 2.00. The van der Waals surface area contributed by atoms with Crippen molar-refractivity contribution in [1.29, 1.82) is 0 Å². The van der Waals surface area contributed by atoms with Gasteiger partial charge in [0.1, 0.15) is 28.9 Å². The Hall–Kier alpha value is -1.80. The standard InChI is InChI=1S/C16H13BrClF2N5/c17-9-4-6-24(7-5-9)15-13(12-10(19)2-1-3-11(12)20)14(18)23-16-21-8-22-25(15)16/h1-3,8-9H,4-7H2. The lowest BCUT2D eigenvalue weighted by molar-refractivity contribution is 0.580. The van der Waals surface area contributed by atoms with Gasteiger partial charge in [0.2, 0.25) is 0 Å². The average Bonchev–Trinajstić information content (AvgIpc) is 3.03. The van der Waals surface area contributed by atoms with E-state index < -0.39 is 11.6 Å². The first kappa shape index (κ1) is 16.7. The molecule has 1 aromatic carbocycles. The van der Waals surface area contributed by atoms with E-state index in [1.54, 1.807) is 0 Å². The van der Waals surface area contributed by atoms with Gasteiger partial charge in [-0.3, -0.25) is 0 Å². The second-order valence-corrected chi connectivity index (χ2v) is 7.48. The van der Waals surface area contributed by atoms with Crippen molar-refractivity contribution in [1.82, 2.24) is 19.6 Å². The van der Waals surface area contributed by atoms with Crippen molar-refractivity contribution in [3.8, 4) is 11.1 Å². The van der Waals surface area contributed by atoms with Crippen LogP contribution in [0.3, 0.4) is 0 Å². The summed E-state index contributed by atoms with van der Waals surface area (Å²) >= 11 is 9.94. The molecule has 1 aliphatic rings. The summed E-state index contributed by atoms with van der Waals surface area (Å²) in [5.74, 6) is -0.586. The van der Waals surface area contributed by atoms with Gasteiger partial charge in [0.25, 0.3) is 5.78 Å². The fourth-order valence-electron chi connectivity index (χ4n) is 3.11. The summed E-state index contributed by atoms with van der Waals surface area (Å²) in [7, 11) is 0. The zero-order valence-corrected chi connectivity index (χ0v) is 15.3. The zero-order valence-electron chi connectivity index (χ0n) is 13.0. The molecule has 5 nitrogen and oxygen atoms in total. The first-order valence-corrected chi connectivity index (χ1v) is 9.08. The number of nitrogens with zero attached hydrogens (tertiary/aromatic N) is 5. The largest absolute Gasteiger partial charge is 0.356 e. The number of fused-ring (bicyclic) bond motifs is 1. The predicted molar refractivity (Wildman–Crippen MR) is 95.3 cm³/mol. The number of halogens is 4. The van der Waals surface area contributed by atoms with Crippen LogP contribution in [-0.4, -0.2) is 37.5 Å². The Morgan fingerprint density at radius 3 is 2.48 bits per heavy atom. The van der Waals surface area contributed by atoms with E-state index in [9.17, 15) is 8.78 Å². The second kappa shape index (κ2) is 6.49. The smallest absolute Gasteiger partial charge is 0.255 e. The topological polar surface area (TPSA) is 46.3 Å². The third kappa shape index (κ3) is 2.87. The van der Waals surface area contributed by atoms with Crippen LogP contribution in [0.5, 0.6) is 0 Å². The second-order valence-electron chi connectivity index (χ2n) is 5.83. The molecule has 0 saturated carbocycles. The van der Waals surface area contributed by atoms with Gasteiger partial charge in [0.15, 0.2) is 0 Å². The molecule has 3 heterocycles. The monoisotopic (exact) mass is 427 g/mol. The lowest BCUT2D eigenvalue weighted by Crippen LogP contribution is -2.35. The number of hydrogen-bond donors (Lipinski definition) is 0. The number of rotatable bonds is 2. The van der Waals surface area contributed by atoms with E-state index in [0.717, 1.165) is 12.8 Å². The van der Waals surface area contributed by atoms with Crippen molar-refractivity contribution in [3.05, 3.63) is 41.3 Å². The number of hydrogen-bond acceptors (Lipinski definition) is 4. The molecule has 1 fully saturated rings. The van der Waals surface area contributed by atoms with E-state index in [-0.39, 0.29) is 16.3 Å². The van der Waals surface area contributed by atoms with Gasteiger partial charge in [0, 0.05) is 17.9 Å². The van der Waals surface area contributed by atoms with Crippen LogP contribution in [0.25, 0.3) is 16.9 Å². The molecule has 0 unspecified atom stereocenters. The van der Waals surface area contributed by atoms with Crippen molar-refractivity contribution < 1.29 is 8.78 Å². The third-order valence-corrected chi connectivity index (χ3v) is 5.48. The maximum absolute atomic E-state index is 14.5. The van der Waals surface area contributed by atoms with Crippen LogP contribution in [0.2, 0.25) is 5.15 Å². The van der Waals surface area contributed by atoms with Crippen LogP contribution < -0.4 is 4.90 Å². The van der Waals surface area contributed by atoms with Crippen LogP contribution in [0.4, 0.5) is 14.6 Å². The molecule has 1 aliphatic heterocycles. The first-order valence-electron chi connectivity index (χ1n) is 7.79. The van der Waals surface area contributed by atoms with Gasteiger partial charge in [-0.05, 0) is 25.0 Å². The highest BCUT2D eigenvalue weighted by Crippen LogP contribution is 2.40. The van der Waals surface area contributed by atoms with Crippen LogP contribution in [0.1, 0.15) is 12.8 Å². The molecule has 2 aromatic heterocycles. The van der Waals surface area contributed by atoms with Crippen molar-refractivity contribution in [3.63, 3.8) is 0 Å². The van der Waals surface area contributed by atoms with Gasteiger partial charge in [-0.2, -0.15) is 19.6 Å². The van der Waals surface area contributed by atoms with Gasteiger partial charge >= 0.3 is 0 Å². The molecule has 0 atom stereocenters. The van der Waals surface area contributed by atoms with E-state index in [4.69, 9.17) is 11.6 Å². The summed E-state index contributed by atoms with van der Waals surface area (Å²) in [5.41, 5.74) is -0.00310. The van der Waals surface area contributed by atoms with Crippen molar-refractivity contribution >= 4 is 39.1 Å². The van der Waals surface area contributed by atoms with Crippen LogP contribution in [0.15, 0.2) is 24.5 Å². The summed E-state index contributed by atoms with van der Waals surface area (Å²) in [6, 6.07) is 3.73. The molecule has 4 rings (SSSR count). The zero-order chi connectivity index (χ0) is 17.6. The first-order chi connectivity index (χ1) is 12.1. The number of aromatic nitrogens is 4. The lowest BCUT2D eigenvalue weighted by Gasteiger charge is -2.32. The fourth-order valence-corrected chi connectivity index (χ4v) is 3.77. The minimum atomic E-state index is -0.695. The molecule has 0 amide bonds. The molecule has 0 radical (unpaired) electrons. The van der Waals surface area contributed by atoms with E-state index in [2.05, 4.69) is 31.0 Å². The van der Waals surface area contributed by atoms with Gasteiger partial charge in [0.05, 0.1) is 11.1 Å². The van der Waals surface area contributed by atoms with Crippen molar-refractivity contribution in [2.45, 2.75) is 17.7 Å². The number of piperidine rings is 1. The quantitative estimate of drug-likeness (QED) is 0.456. The molecule has 0 N–H and O–H groups in total. The molecule has 0 bridgehead atoms. The predicted octanol–water partition coefficient (Wildman–Crippen LogP) is 4.09. The highest BCUT2D eigenvalue weighted by molar-refractivity contribution is 9.09.